The summed E-state index contributed by atoms with van der Waals surface area (Å²) >= 11 is 0. The van der Waals surface area contributed by atoms with Gasteiger partial charge in [0.2, 0.25) is 0 Å². The number of carbonyl (C=O) groups is 3. The quantitative estimate of drug-likeness (QED) is 0.499. The number of halogens is 1. The zero-order chi connectivity index (χ0) is 26.8. The van der Waals surface area contributed by atoms with E-state index in [4.69, 9.17) is 4.74 Å². The first kappa shape index (κ1) is 26.4. The Hall–Kier alpha value is -2.26. The van der Waals surface area contributed by atoms with Crippen LogP contribution < -0.4 is 0 Å². The summed E-state index contributed by atoms with van der Waals surface area (Å²) in [6, 6.07) is 8.50. The van der Waals surface area contributed by atoms with Crippen molar-refractivity contribution >= 4 is 17.3 Å². The smallest absolute Gasteiger partial charge is 0.192 e. The van der Waals surface area contributed by atoms with Gasteiger partial charge in [-0.25, -0.2) is 4.39 Å². The Balaban J connectivity index is 1.51. The molecular formula is C29H35FO7. The summed E-state index contributed by atoms with van der Waals surface area (Å²) in [5, 5.41) is 33.2. The van der Waals surface area contributed by atoms with Gasteiger partial charge in [-0.3, -0.25) is 14.4 Å². The molecule has 4 aliphatic rings. The number of aliphatic hydroxyl groups is 3. The Bertz CT molecular complexity index is 1150. The fourth-order valence-electron chi connectivity index (χ4n) is 8.25. The number of aliphatic hydroxyl groups excluding tert-OH is 2. The van der Waals surface area contributed by atoms with Crippen molar-refractivity contribution in [3.63, 3.8) is 0 Å². The number of rotatable bonds is 6. The normalized spacial score (nSPS) is 42.9. The number of carbonyl (C=O) groups excluding carboxylic acids is 3. The second-order valence-corrected chi connectivity index (χ2v) is 11.8. The van der Waals surface area contributed by atoms with E-state index in [-0.39, 0.29) is 43.9 Å². The maximum absolute atomic E-state index is 17.4. The molecule has 3 N–H and O–H groups in total. The number of alkyl halides is 1. The molecule has 0 aromatic heterocycles. The van der Waals surface area contributed by atoms with Crippen molar-refractivity contribution in [1.82, 2.24) is 0 Å². The number of benzene rings is 1. The van der Waals surface area contributed by atoms with Gasteiger partial charge in [-0.2, -0.15) is 0 Å². The number of allylic oxidation sites excluding steroid dienone is 1. The fourth-order valence-corrected chi connectivity index (χ4v) is 8.25. The minimum absolute atomic E-state index is 0.0370. The van der Waals surface area contributed by atoms with Crippen LogP contribution in [0.1, 0.15) is 62.7 Å². The van der Waals surface area contributed by atoms with Crippen LogP contribution in [-0.4, -0.2) is 69.4 Å². The van der Waals surface area contributed by atoms with Crippen molar-refractivity contribution < 1.29 is 38.8 Å². The molecule has 0 heterocycles. The van der Waals surface area contributed by atoms with Gasteiger partial charge in [0.15, 0.2) is 23.0 Å². The second kappa shape index (κ2) is 8.90. The summed E-state index contributed by atoms with van der Waals surface area (Å²) in [5.74, 6) is -2.47. The monoisotopic (exact) mass is 514 g/mol. The fraction of sp³-hybridized carbons (Fsp3) is 0.621. The molecule has 37 heavy (non-hydrogen) atoms. The first-order valence-corrected chi connectivity index (χ1v) is 13.1. The Labute approximate surface area is 215 Å². The molecule has 4 aliphatic carbocycles. The molecular weight excluding hydrogens is 479 g/mol. The van der Waals surface area contributed by atoms with Crippen LogP contribution in [0.25, 0.3) is 0 Å². The van der Waals surface area contributed by atoms with Gasteiger partial charge in [0.25, 0.3) is 0 Å². The molecule has 1 aromatic rings. The van der Waals surface area contributed by atoms with Gasteiger partial charge in [0.05, 0.1) is 12.2 Å². The molecule has 3 fully saturated rings. The van der Waals surface area contributed by atoms with Crippen LogP contribution >= 0.6 is 0 Å². The van der Waals surface area contributed by atoms with E-state index in [1.165, 1.54) is 6.08 Å². The van der Waals surface area contributed by atoms with Crippen molar-refractivity contribution in [2.24, 2.45) is 22.7 Å². The summed E-state index contributed by atoms with van der Waals surface area (Å²) < 4.78 is 23.3. The van der Waals surface area contributed by atoms with Gasteiger partial charge in [-0.15, -0.1) is 0 Å². The average Bonchev–Trinajstić information content (AvgIpc) is 3.11. The third-order valence-electron chi connectivity index (χ3n) is 10.3. The van der Waals surface area contributed by atoms with E-state index in [1.807, 2.05) is 0 Å². The van der Waals surface area contributed by atoms with Gasteiger partial charge < -0.3 is 20.1 Å². The summed E-state index contributed by atoms with van der Waals surface area (Å²) in [4.78, 5) is 37.9. The lowest BCUT2D eigenvalue weighted by Crippen LogP contribution is -2.70. The molecule has 1 aromatic carbocycles. The maximum Gasteiger partial charge on any atom is 0.192 e. The second-order valence-electron chi connectivity index (χ2n) is 11.8. The van der Waals surface area contributed by atoms with Crippen molar-refractivity contribution in [3.8, 4) is 0 Å². The molecule has 200 valence electrons. The Morgan fingerprint density at radius 1 is 1.14 bits per heavy atom. The van der Waals surface area contributed by atoms with Crippen LogP contribution in [-0.2, 0) is 14.3 Å². The summed E-state index contributed by atoms with van der Waals surface area (Å²) in [5.41, 5.74) is -5.44. The van der Waals surface area contributed by atoms with Gasteiger partial charge >= 0.3 is 0 Å². The van der Waals surface area contributed by atoms with Crippen molar-refractivity contribution in [2.75, 3.05) is 13.2 Å². The van der Waals surface area contributed by atoms with E-state index in [9.17, 15) is 29.7 Å². The van der Waals surface area contributed by atoms with Gasteiger partial charge in [-0.1, -0.05) is 49.8 Å². The summed E-state index contributed by atoms with van der Waals surface area (Å²) in [6.07, 6.45) is 0.107. The highest BCUT2D eigenvalue weighted by atomic mass is 19.1. The highest BCUT2D eigenvalue weighted by Gasteiger charge is 2.76. The highest BCUT2D eigenvalue weighted by Crippen LogP contribution is 2.70. The molecule has 0 unspecified atom stereocenters. The molecule has 0 spiro atoms. The largest absolute Gasteiger partial charge is 0.390 e. The highest BCUT2D eigenvalue weighted by molar-refractivity contribution is 5.97. The van der Waals surface area contributed by atoms with Crippen LogP contribution in [0.5, 0.6) is 0 Å². The SMILES string of the molecule is C[C@]12CCC(=O)C=C1CC[C@H]1[C@@H]3C[C@@H](OCC(=O)c4ccccc4)[C@](O)(C(=O)CO)[C@@]3(C)C[C@H](O)[C@@]12F. The summed E-state index contributed by atoms with van der Waals surface area (Å²) in [7, 11) is 0. The number of hydrogen-bond donors (Lipinski definition) is 3. The van der Waals surface area contributed by atoms with Crippen LogP contribution in [0.15, 0.2) is 42.0 Å². The number of fused-ring (bicyclic) bond motifs is 5. The number of hydrogen-bond acceptors (Lipinski definition) is 7. The molecule has 0 amide bonds. The van der Waals surface area contributed by atoms with Gasteiger partial charge in [0, 0.05) is 28.7 Å². The minimum atomic E-state index is -2.20. The molecule has 8 atom stereocenters. The van der Waals surface area contributed by atoms with Crippen LogP contribution in [0.3, 0.4) is 0 Å². The lowest BCUT2D eigenvalue weighted by Gasteiger charge is -2.63. The third kappa shape index (κ3) is 3.49. The molecule has 3 saturated carbocycles. The van der Waals surface area contributed by atoms with E-state index in [2.05, 4.69) is 0 Å². The van der Waals surface area contributed by atoms with E-state index < -0.39 is 58.5 Å². The number of ether oxygens (including phenoxy) is 1. The van der Waals surface area contributed by atoms with Crippen molar-refractivity contribution in [3.05, 3.63) is 47.5 Å². The topological polar surface area (TPSA) is 121 Å². The van der Waals surface area contributed by atoms with Crippen LogP contribution in [0.4, 0.5) is 4.39 Å². The molecule has 8 heteroatoms. The molecule has 0 aliphatic heterocycles. The van der Waals surface area contributed by atoms with Gasteiger partial charge in [-0.05, 0) is 44.1 Å². The predicted octanol–water partition coefficient (Wildman–Crippen LogP) is 2.75. The van der Waals surface area contributed by atoms with Crippen molar-refractivity contribution in [1.29, 1.82) is 0 Å². The van der Waals surface area contributed by atoms with E-state index >= 15 is 4.39 Å². The van der Waals surface area contributed by atoms with Crippen molar-refractivity contribution in [2.45, 2.75) is 75.9 Å². The number of Topliss-reactive ketones (excluding diaryl/α,β-unsaturated/α-hetero) is 2. The Morgan fingerprint density at radius 2 is 1.84 bits per heavy atom. The average molecular weight is 515 g/mol. The predicted molar refractivity (Wildman–Crippen MR) is 131 cm³/mol. The Morgan fingerprint density at radius 3 is 2.51 bits per heavy atom. The standard InChI is InChI=1S/C29H35FO7/c1-26-11-10-19(32)12-18(26)8-9-20-21-13-25(37-16-22(33)17-6-4-3-5-7-17)29(36,24(35)15-31)27(21,2)14-23(34)28(20,26)30/h3-7,12,20-21,23,25,31,34,36H,8-11,13-16H2,1-2H3/t20-,21-,23-,25+,26-,27-,28-,29+/m0/s1. The first-order valence-electron chi connectivity index (χ1n) is 13.1. The maximum atomic E-state index is 17.4. The zero-order valence-electron chi connectivity index (χ0n) is 21.3. The molecule has 7 nitrogen and oxygen atoms in total. The zero-order valence-corrected chi connectivity index (χ0v) is 21.3. The van der Waals surface area contributed by atoms with E-state index in [1.54, 1.807) is 44.2 Å². The van der Waals surface area contributed by atoms with Crippen LogP contribution in [0, 0.1) is 22.7 Å². The lowest BCUT2D eigenvalue weighted by molar-refractivity contribution is -0.231. The summed E-state index contributed by atoms with van der Waals surface area (Å²) in [6.45, 7) is 2.10. The lowest BCUT2D eigenvalue weighted by atomic mass is 9.44. The number of ketones is 3. The minimum Gasteiger partial charge on any atom is -0.390 e. The molecule has 5 rings (SSSR count). The van der Waals surface area contributed by atoms with Crippen LogP contribution in [0.2, 0.25) is 0 Å². The molecule has 0 saturated heterocycles. The molecule has 0 bridgehead atoms. The first-order chi connectivity index (χ1) is 17.4. The Kier molecular flexibility index (Phi) is 6.34. The molecule has 0 radical (unpaired) electrons. The van der Waals surface area contributed by atoms with Gasteiger partial charge in [0.1, 0.15) is 18.9 Å². The van der Waals surface area contributed by atoms with E-state index in [0.717, 1.165) is 0 Å². The van der Waals surface area contributed by atoms with E-state index in [0.29, 0.717) is 24.0 Å². The third-order valence-corrected chi connectivity index (χ3v) is 10.3.